The summed E-state index contributed by atoms with van der Waals surface area (Å²) in [6.07, 6.45) is 10.1. The number of imidazole rings is 1. The molecular weight excluding hydrogens is 419 g/mol. The lowest BCUT2D eigenvalue weighted by atomic mass is 9.88. The number of rotatable bonds is 6. The van der Waals surface area contributed by atoms with Gasteiger partial charge >= 0.3 is 0 Å². The second-order valence-electron chi connectivity index (χ2n) is 9.18. The molecule has 1 amide bonds. The largest absolute Gasteiger partial charge is 0.336 e. The van der Waals surface area contributed by atoms with Crippen LogP contribution >= 0.6 is 0 Å². The van der Waals surface area contributed by atoms with Gasteiger partial charge in [0, 0.05) is 49.2 Å². The highest BCUT2D eigenvalue weighted by Gasteiger charge is 2.31. The quantitative estimate of drug-likeness (QED) is 0.534. The van der Waals surface area contributed by atoms with Gasteiger partial charge in [0.1, 0.15) is 11.5 Å². The third-order valence-electron chi connectivity index (χ3n) is 7.14. The van der Waals surface area contributed by atoms with Crippen LogP contribution in [-0.2, 0) is 0 Å². The molecule has 0 saturated carbocycles. The number of Topliss-reactive ketones (excluding diaryl/α,β-unsaturated/α-hetero) is 1. The van der Waals surface area contributed by atoms with Crippen LogP contribution in [0.25, 0.3) is 5.65 Å². The van der Waals surface area contributed by atoms with Crippen molar-refractivity contribution in [2.75, 3.05) is 26.2 Å². The average Bonchev–Trinajstić information content (AvgIpc) is 3.51. The van der Waals surface area contributed by atoms with Crippen molar-refractivity contribution < 1.29 is 14.0 Å². The summed E-state index contributed by atoms with van der Waals surface area (Å²) >= 11 is 0. The van der Waals surface area contributed by atoms with E-state index in [1.807, 2.05) is 33.8 Å². The molecule has 2 aliphatic rings. The first-order valence-corrected chi connectivity index (χ1v) is 11.8. The van der Waals surface area contributed by atoms with Crippen molar-refractivity contribution >= 4 is 17.3 Å². The standard InChI is InChI=1S/C26H29FN4O2/c27-22-6-3-19(4-7-22)25(32)20-9-14-29(15-10-20)16-11-23-2-1-13-31(23)26(33)21-5-8-24-28-12-17-30(24)18-21/h3-8,12,17-18,20,23H,1-2,9-11,13-16H2/t23-/m0/s1. The number of ketones is 1. The molecule has 0 N–H and O–H groups in total. The Bertz CT molecular complexity index is 1130. The molecule has 0 bridgehead atoms. The number of piperidine rings is 1. The zero-order valence-corrected chi connectivity index (χ0v) is 18.7. The summed E-state index contributed by atoms with van der Waals surface area (Å²) in [5.41, 5.74) is 2.14. The molecule has 1 atom stereocenters. The topological polar surface area (TPSA) is 57.9 Å². The number of amides is 1. The van der Waals surface area contributed by atoms with E-state index in [-0.39, 0.29) is 29.5 Å². The molecule has 2 fully saturated rings. The molecule has 0 spiro atoms. The van der Waals surface area contributed by atoms with Crippen molar-refractivity contribution in [1.29, 1.82) is 0 Å². The van der Waals surface area contributed by atoms with Crippen molar-refractivity contribution in [2.45, 2.75) is 38.1 Å². The molecule has 2 aliphatic heterocycles. The first kappa shape index (κ1) is 21.8. The Morgan fingerprint density at radius 1 is 0.970 bits per heavy atom. The molecule has 172 valence electrons. The third kappa shape index (κ3) is 4.69. The van der Waals surface area contributed by atoms with E-state index in [2.05, 4.69) is 9.88 Å². The fourth-order valence-electron chi connectivity index (χ4n) is 5.22. The highest BCUT2D eigenvalue weighted by atomic mass is 19.1. The third-order valence-corrected chi connectivity index (χ3v) is 7.14. The van der Waals surface area contributed by atoms with Gasteiger partial charge in [-0.1, -0.05) is 0 Å². The molecule has 2 saturated heterocycles. The number of nitrogens with zero attached hydrogens (tertiary/aromatic N) is 4. The summed E-state index contributed by atoms with van der Waals surface area (Å²) < 4.78 is 15.0. The molecule has 6 nitrogen and oxygen atoms in total. The van der Waals surface area contributed by atoms with Crippen molar-refractivity contribution in [3.8, 4) is 0 Å². The molecule has 1 aromatic carbocycles. The normalized spacial score (nSPS) is 19.9. The van der Waals surface area contributed by atoms with Crippen LogP contribution in [-0.4, -0.2) is 63.1 Å². The Balaban J connectivity index is 1.13. The van der Waals surface area contributed by atoms with E-state index in [1.165, 1.54) is 12.1 Å². The lowest BCUT2D eigenvalue weighted by Crippen LogP contribution is -2.41. The van der Waals surface area contributed by atoms with Gasteiger partial charge in [-0.15, -0.1) is 0 Å². The van der Waals surface area contributed by atoms with Crippen LogP contribution in [0.1, 0.15) is 52.8 Å². The van der Waals surface area contributed by atoms with Gasteiger partial charge in [0.05, 0.1) is 5.56 Å². The molecule has 33 heavy (non-hydrogen) atoms. The molecule has 0 unspecified atom stereocenters. The monoisotopic (exact) mass is 448 g/mol. The van der Waals surface area contributed by atoms with Gasteiger partial charge in [0.15, 0.2) is 5.78 Å². The van der Waals surface area contributed by atoms with E-state index in [0.717, 1.165) is 63.9 Å². The van der Waals surface area contributed by atoms with Gasteiger partial charge in [-0.3, -0.25) is 9.59 Å². The van der Waals surface area contributed by atoms with E-state index in [1.54, 1.807) is 18.3 Å². The predicted octanol–water partition coefficient (Wildman–Crippen LogP) is 4.06. The lowest BCUT2D eigenvalue weighted by Gasteiger charge is -2.33. The first-order valence-electron chi connectivity index (χ1n) is 11.8. The van der Waals surface area contributed by atoms with Crippen molar-refractivity contribution in [3.63, 3.8) is 0 Å². The van der Waals surface area contributed by atoms with Crippen molar-refractivity contribution in [1.82, 2.24) is 19.2 Å². The summed E-state index contributed by atoms with van der Waals surface area (Å²) in [4.78, 5) is 34.6. The van der Waals surface area contributed by atoms with E-state index in [0.29, 0.717) is 11.1 Å². The predicted molar refractivity (Wildman–Crippen MR) is 124 cm³/mol. The van der Waals surface area contributed by atoms with Gasteiger partial charge in [-0.25, -0.2) is 9.37 Å². The number of carbonyl (C=O) groups excluding carboxylic acids is 2. The summed E-state index contributed by atoms with van der Waals surface area (Å²) in [5, 5.41) is 0. The Hall–Kier alpha value is -3.06. The molecule has 2 aromatic heterocycles. The SMILES string of the molecule is O=C(c1ccc(F)cc1)C1CCN(CC[C@@H]2CCCN2C(=O)c2ccc3nccn3c2)CC1. The number of benzene rings is 1. The molecule has 0 aliphatic carbocycles. The van der Waals surface area contributed by atoms with Crippen LogP contribution in [0.5, 0.6) is 0 Å². The number of carbonyl (C=O) groups is 2. The second kappa shape index (κ2) is 9.43. The molecule has 0 radical (unpaired) electrons. The van der Waals surface area contributed by atoms with Gasteiger partial charge in [-0.2, -0.15) is 0 Å². The van der Waals surface area contributed by atoms with Crippen LogP contribution in [0.15, 0.2) is 55.0 Å². The lowest BCUT2D eigenvalue weighted by molar-refractivity contribution is 0.0704. The van der Waals surface area contributed by atoms with Crippen LogP contribution in [0, 0.1) is 11.7 Å². The molecule has 4 heterocycles. The number of pyridine rings is 1. The summed E-state index contributed by atoms with van der Waals surface area (Å²) in [5.74, 6) is -0.0915. The number of likely N-dealkylation sites (tertiary alicyclic amines) is 2. The van der Waals surface area contributed by atoms with Gasteiger partial charge in [0.2, 0.25) is 0 Å². The Morgan fingerprint density at radius 2 is 1.73 bits per heavy atom. The van der Waals surface area contributed by atoms with Gasteiger partial charge in [-0.05, 0) is 81.6 Å². The zero-order valence-electron chi connectivity index (χ0n) is 18.7. The van der Waals surface area contributed by atoms with E-state index < -0.39 is 0 Å². The fraction of sp³-hybridized carbons (Fsp3) is 0.423. The highest BCUT2D eigenvalue weighted by Crippen LogP contribution is 2.26. The molecular formula is C26H29FN4O2. The number of fused-ring (bicyclic) bond motifs is 1. The van der Waals surface area contributed by atoms with E-state index in [9.17, 15) is 14.0 Å². The van der Waals surface area contributed by atoms with Gasteiger partial charge < -0.3 is 14.2 Å². The zero-order chi connectivity index (χ0) is 22.8. The molecule has 3 aromatic rings. The minimum absolute atomic E-state index is 0.00867. The van der Waals surface area contributed by atoms with E-state index >= 15 is 0 Å². The van der Waals surface area contributed by atoms with Crippen LogP contribution in [0.4, 0.5) is 4.39 Å². The highest BCUT2D eigenvalue weighted by molar-refractivity contribution is 5.97. The maximum atomic E-state index is 13.2. The Morgan fingerprint density at radius 3 is 2.52 bits per heavy atom. The number of hydrogen-bond donors (Lipinski definition) is 0. The average molecular weight is 449 g/mol. The fourth-order valence-corrected chi connectivity index (χ4v) is 5.22. The smallest absolute Gasteiger partial charge is 0.255 e. The minimum Gasteiger partial charge on any atom is -0.336 e. The maximum absolute atomic E-state index is 13.2. The van der Waals surface area contributed by atoms with Crippen molar-refractivity contribution in [3.05, 3.63) is 71.9 Å². The van der Waals surface area contributed by atoms with Gasteiger partial charge in [0.25, 0.3) is 5.91 Å². The van der Waals surface area contributed by atoms with E-state index in [4.69, 9.17) is 0 Å². The minimum atomic E-state index is -0.317. The maximum Gasteiger partial charge on any atom is 0.255 e. The second-order valence-corrected chi connectivity index (χ2v) is 9.18. The Labute approximate surface area is 193 Å². The van der Waals surface area contributed by atoms with Crippen LogP contribution < -0.4 is 0 Å². The number of hydrogen-bond acceptors (Lipinski definition) is 4. The molecule has 5 rings (SSSR count). The van der Waals surface area contributed by atoms with Crippen LogP contribution in [0.2, 0.25) is 0 Å². The summed E-state index contributed by atoms with van der Waals surface area (Å²) in [6, 6.07) is 9.88. The molecule has 7 heteroatoms. The first-order chi connectivity index (χ1) is 16.1. The number of aromatic nitrogens is 2. The van der Waals surface area contributed by atoms with Crippen LogP contribution in [0.3, 0.4) is 0 Å². The Kier molecular flexibility index (Phi) is 6.22. The summed E-state index contributed by atoms with van der Waals surface area (Å²) in [6.45, 7) is 3.51. The number of halogens is 1. The summed E-state index contributed by atoms with van der Waals surface area (Å²) in [7, 11) is 0. The van der Waals surface area contributed by atoms with Crippen molar-refractivity contribution in [2.24, 2.45) is 5.92 Å².